The van der Waals surface area contributed by atoms with Gasteiger partial charge in [-0.2, -0.15) is 0 Å². The second-order valence-corrected chi connectivity index (χ2v) is 6.46. The molecule has 0 bridgehead atoms. The van der Waals surface area contributed by atoms with E-state index in [9.17, 15) is 0 Å². The first kappa shape index (κ1) is 14.1. The number of furan rings is 1. The average molecular weight is 303 g/mol. The highest BCUT2D eigenvalue weighted by Gasteiger charge is 2.30. The Hall–Kier alpha value is -2.49. The number of rotatable bonds is 1. The molecule has 4 rings (SSSR count). The Bertz CT molecular complexity index is 1040. The maximum atomic E-state index is 6.06. The Labute approximate surface area is 136 Å². The molecule has 0 saturated carbocycles. The zero-order valence-corrected chi connectivity index (χ0v) is 14.0. The minimum absolute atomic E-state index is 0.173. The lowest BCUT2D eigenvalue weighted by atomic mass is 9.56. The number of aryl methyl sites for hydroxylation is 3. The molecule has 2 aromatic heterocycles. The molecule has 0 saturated heterocycles. The lowest BCUT2D eigenvalue weighted by molar-refractivity contribution is -0.654. The van der Waals surface area contributed by atoms with Crippen LogP contribution in [0.15, 0.2) is 40.9 Å². The lowest BCUT2D eigenvalue weighted by Gasteiger charge is -2.21. The molecule has 3 aromatic rings. The van der Waals surface area contributed by atoms with Gasteiger partial charge in [0.25, 0.3) is 0 Å². The van der Waals surface area contributed by atoms with Crippen LogP contribution in [0, 0.1) is 13.8 Å². The number of hydrogen-bond acceptors (Lipinski definition) is 2. The third-order valence-electron chi connectivity index (χ3n) is 4.83. The Morgan fingerprint density at radius 1 is 1.13 bits per heavy atom. The van der Waals surface area contributed by atoms with Gasteiger partial charge in [0, 0.05) is 22.2 Å². The summed E-state index contributed by atoms with van der Waals surface area (Å²) in [5.41, 5.74) is 5.80. The molecular formula is C19H20BN2O+. The first-order valence-corrected chi connectivity index (χ1v) is 7.94. The van der Waals surface area contributed by atoms with Gasteiger partial charge in [-0.1, -0.05) is 18.2 Å². The number of benzene rings is 1. The Morgan fingerprint density at radius 2 is 1.91 bits per heavy atom. The highest BCUT2D eigenvalue weighted by molar-refractivity contribution is 6.82. The second kappa shape index (κ2) is 5.02. The first-order valence-electron chi connectivity index (χ1n) is 7.94. The molecule has 0 amide bonds. The molecule has 0 radical (unpaired) electrons. The van der Waals surface area contributed by atoms with Crippen LogP contribution in [0.2, 0.25) is 0 Å². The van der Waals surface area contributed by atoms with Crippen molar-refractivity contribution >= 4 is 35.6 Å². The molecule has 0 unspecified atom stereocenters. The molecule has 23 heavy (non-hydrogen) atoms. The van der Waals surface area contributed by atoms with Gasteiger partial charge in [0.2, 0.25) is 0 Å². The SMILES string of the molecule is Cc1cc(B2C=c3oc4ccccc4c3=CN2C)[n+](C)cc1C. The number of nitrogens with zero attached hydrogens (tertiary/aromatic N) is 2. The largest absolute Gasteiger partial charge is 0.457 e. The quantitative estimate of drug-likeness (QED) is 0.489. The van der Waals surface area contributed by atoms with Gasteiger partial charge < -0.3 is 9.23 Å². The highest BCUT2D eigenvalue weighted by atomic mass is 16.3. The van der Waals surface area contributed by atoms with Crippen molar-refractivity contribution in [3.8, 4) is 0 Å². The number of para-hydroxylation sites is 1. The highest BCUT2D eigenvalue weighted by Crippen LogP contribution is 2.10. The molecule has 0 N–H and O–H groups in total. The molecule has 1 aliphatic rings. The third kappa shape index (κ3) is 2.17. The van der Waals surface area contributed by atoms with Gasteiger partial charge in [-0.3, -0.25) is 0 Å². The summed E-state index contributed by atoms with van der Waals surface area (Å²) in [7, 11) is 4.23. The van der Waals surface area contributed by atoms with E-state index >= 15 is 0 Å². The summed E-state index contributed by atoms with van der Waals surface area (Å²) in [6.07, 6.45) is 4.39. The van der Waals surface area contributed by atoms with Crippen molar-refractivity contribution in [3.63, 3.8) is 0 Å². The molecule has 0 fully saturated rings. The van der Waals surface area contributed by atoms with Crippen LogP contribution in [0.5, 0.6) is 0 Å². The average Bonchev–Trinajstić information content (AvgIpc) is 2.88. The maximum absolute atomic E-state index is 6.06. The lowest BCUT2D eigenvalue weighted by Crippen LogP contribution is -2.61. The van der Waals surface area contributed by atoms with Crippen LogP contribution in [0.1, 0.15) is 11.1 Å². The van der Waals surface area contributed by atoms with E-state index in [4.69, 9.17) is 4.42 Å². The van der Waals surface area contributed by atoms with Crippen LogP contribution in [-0.2, 0) is 7.05 Å². The van der Waals surface area contributed by atoms with Crippen LogP contribution in [0.4, 0.5) is 0 Å². The van der Waals surface area contributed by atoms with Gasteiger partial charge in [-0.05, 0) is 44.7 Å². The topological polar surface area (TPSA) is 20.3 Å². The van der Waals surface area contributed by atoms with E-state index in [0.29, 0.717) is 0 Å². The van der Waals surface area contributed by atoms with Crippen LogP contribution in [0.3, 0.4) is 0 Å². The van der Waals surface area contributed by atoms with Crippen LogP contribution >= 0.6 is 0 Å². The second-order valence-electron chi connectivity index (χ2n) is 6.46. The fraction of sp³-hybridized carbons (Fsp3) is 0.211. The van der Waals surface area contributed by atoms with Crippen molar-refractivity contribution in [3.05, 3.63) is 58.3 Å². The van der Waals surface area contributed by atoms with Crippen molar-refractivity contribution in [2.45, 2.75) is 13.8 Å². The maximum Gasteiger partial charge on any atom is 0.399 e. The zero-order valence-electron chi connectivity index (χ0n) is 14.0. The zero-order chi connectivity index (χ0) is 16.1. The standard InChI is InChI=1S/C19H20BN2O/c1-13-9-19(21(3)11-14(13)2)20-10-18-16(12-22(20)4)15-7-5-6-8-17(15)23-18/h5-12H,1-4H3/q+1. The fourth-order valence-corrected chi connectivity index (χ4v) is 3.38. The summed E-state index contributed by atoms with van der Waals surface area (Å²) in [5, 5.41) is 2.35. The van der Waals surface area contributed by atoms with Gasteiger partial charge in [-0.15, -0.1) is 0 Å². The fourth-order valence-electron chi connectivity index (χ4n) is 3.38. The molecular weight excluding hydrogens is 283 g/mol. The number of fused-ring (bicyclic) bond motifs is 3. The molecule has 1 aliphatic heterocycles. The van der Waals surface area contributed by atoms with Crippen molar-refractivity contribution in [1.29, 1.82) is 0 Å². The first-order chi connectivity index (χ1) is 11.0. The van der Waals surface area contributed by atoms with E-state index in [2.05, 4.69) is 73.9 Å². The van der Waals surface area contributed by atoms with E-state index in [1.54, 1.807) is 0 Å². The van der Waals surface area contributed by atoms with Crippen molar-refractivity contribution < 1.29 is 8.98 Å². The predicted octanol–water partition coefficient (Wildman–Crippen LogP) is 0.776. The summed E-state index contributed by atoms with van der Waals surface area (Å²) in [4.78, 5) is 2.26. The Balaban J connectivity index is 1.94. The van der Waals surface area contributed by atoms with Gasteiger partial charge >= 0.3 is 6.85 Å². The van der Waals surface area contributed by atoms with E-state index in [-0.39, 0.29) is 6.85 Å². The number of aromatic nitrogens is 1. The van der Waals surface area contributed by atoms with Crippen molar-refractivity contribution in [2.24, 2.45) is 7.05 Å². The van der Waals surface area contributed by atoms with Crippen molar-refractivity contribution in [1.82, 2.24) is 4.81 Å². The summed E-state index contributed by atoms with van der Waals surface area (Å²) >= 11 is 0. The molecule has 114 valence electrons. The summed E-state index contributed by atoms with van der Waals surface area (Å²) in [6, 6.07) is 10.5. The summed E-state index contributed by atoms with van der Waals surface area (Å²) in [5.74, 6) is 2.22. The molecule has 1 aromatic carbocycles. The van der Waals surface area contributed by atoms with Gasteiger partial charge in [0.15, 0.2) is 11.8 Å². The smallest absolute Gasteiger partial charge is 0.399 e. The van der Waals surface area contributed by atoms with Crippen LogP contribution in [0.25, 0.3) is 23.1 Å². The van der Waals surface area contributed by atoms with Gasteiger partial charge in [0.05, 0.1) is 0 Å². The van der Waals surface area contributed by atoms with E-state index in [1.807, 2.05) is 12.1 Å². The number of pyridine rings is 1. The van der Waals surface area contributed by atoms with E-state index in [0.717, 1.165) is 11.0 Å². The van der Waals surface area contributed by atoms with Crippen LogP contribution in [-0.4, -0.2) is 18.7 Å². The molecule has 4 heteroatoms. The van der Waals surface area contributed by atoms with Crippen molar-refractivity contribution in [2.75, 3.05) is 7.05 Å². The van der Waals surface area contributed by atoms with Gasteiger partial charge in [-0.25, -0.2) is 4.57 Å². The Kier molecular flexibility index (Phi) is 3.08. The van der Waals surface area contributed by atoms with E-state index < -0.39 is 0 Å². The molecule has 3 heterocycles. The molecule has 0 spiro atoms. The van der Waals surface area contributed by atoms with Crippen LogP contribution < -0.4 is 20.8 Å². The van der Waals surface area contributed by atoms with E-state index in [1.165, 1.54) is 27.3 Å². The minimum atomic E-state index is 0.173. The number of hydrogen-bond donors (Lipinski definition) is 0. The third-order valence-corrected chi connectivity index (χ3v) is 4.83. The monoisotopic (exact) mass is 303 g/mol. The molecule has 3 nitrogen and oxygen atoms in total. The van der Waals surface area contributed by atoms with Gasteiger partial charge in [0.1, 0.15) is 18.0 Å². The molecule has 0 aliphatic carbocycles. The predicted molar refractivity (Wildman–Crippen MR) is 94.6 cm³/mol. The Morgan fingerprint density at radius 3 is 2.74 bits per heavy atom. The summed E-state index contributed by atoms with van der Waals surface area (Å²) < 4.78 is 8.27. The normalized spacial score (nSPS) is 13.7. The molecule has 0 atom stereocenters. The minimum Gasteiger partial charge on any atom is -0.457 e. The summed E-state index contributed by atoms with van der Waals surface area (Å²) in [6.45, 7) is 4.49.